The zero-order valence-corrected chi connectivity index (χ0v) is 9.80. The quantitative estimate of drug-likeness (QED) is 0.759. The average molecular weight is 208 g/mol. The molecule has 0 amide bonds. The first-order chi connectivity index (χ1) is 6.99. The zero-order chi connectivity index (χ0) is 11.2. The summed E-state index contributed by atoms with van der Waals surface area (Å²) < 4.78 is 16.2. The van der Waals surface area contributed by atoms with Crippen LogP contribution in [0, 0.1) is 0 Å². The standard InChI is InChI=1S/C12H16O3/c1-12(2,3)7-6-8-10(13-4)11(14-5)9(7)15-8/h6H,1-5H3. The molecule has 3 heteroatoms. The van der Waals surface area contributed by atoms with Crippen LogP contribution in [0.1, 0.15) is 26.3 Å². The Hall–Kier alpha value is -1.38. The predicted molar refractivity (Wildman–Crippen MR) is 59.2 cm³/mol. The molecule has 0 N–H and O–H groups in total. The fourth-order valence-electron chi connectivity index (χ4n) is 1.82. The summed E-state index contributed by atoms with van der Waals surface area (Å²) in [5.41, 5.74) is 2.78. The first kappa shape index (κ1) is 10.1. The molecule has 2 bridgehead atoms. The lowest BCUT2D eigenvalue weighted by molar-refractivity contribution is 0.362. The van der Waals surface area contributed by atoms with Gasteiger partial charge in [-0.3, -0.25) is 0 Å². The molecule has 0 aliphatic heterocycles. The van der Waals surface area contributed by atoms with Gasteiger partial charge in [-0.25, -0.2) is 0 Å². The summed E-state index contributed by atoms with van der Waals surface area (Å²) in [6, 6.07) is 2.02. The molecule has 15 heavy (non-hydrogen) atoms. The predicted octanol–water partition coefficient (Wildman–Crippen LogP) is 3.19. The van der Waals surface area contributed by atoms with E-state index in [0.717, 1.165) is 16.7 Å². The topological polar surface area (TPSA) is 31.6 Å². The third-order valence-corrected chi connectivity index (χ3v) is 2.58. The van der Waals surface area contributed by atoms with Crippen molar-refractivity contribution in [2.24, 2.45) is 0 Å². The number of hydrogen-bond donors (Lipinski definition) is 0. The van der Waals surface area contributed by atoms with E-state index in [-0.39, 0.29) is 5.41 Å². The van der Waals surface area contributed by atoms with Crippen molar-refractivity contribution in [1.29, 1.82) is 0 Å². The van der Waals surface area contributed by atoms with E-state index in [0.29, 0.717) is 11.5 Å². The fourth-order valence-corrected chi connectivity index (χ4v) is 1.82. The molecule has 0 fully saturated rings. The van der Waals surface area contributed by atoms with E-state index in [4.69, 9.17) is 13.9 Å². The van der Waals surface area contributed by atoms with Gasteiger partial charge < -0.3 is 13.9 Å². The van der Waals surface area contributed by atoms with Gasteiger partial charge in [-0.1, -0.05) is 20.8 Å². The monoisotopic (exact) mass is 208 g/mol. The number of ether oxygens (including phenoxy) is 2. The van der Waals surface area contributed by atoms with Crippen molar-refractivity contribution in [3.8, 4) is 11.5 Å². The Morgan fingerprint density at radius 3 is 2.13 bits per heavy atom. The first-order valence-corrected chi connectivity index (χ1v) is 4.96. The van der Waals surface area contributed by atoms with Crippen molar-refractivity contribution in [3.63, 3.8) is 0 Å². The largest absolute Gasteiger partial charge is 0.490 e. The molecule has 2 heterocycles. The van der Waals surface area contributed by atoms with Crippen LogP contribution in [0.15, 0.2) is 10.5 Å². The summed E-state index contributed by atoms with van der Waals surface area (Å²) in [4.78, 5) is 0. The summed E-state index contributed by atoms with van der Waals surface area (Å²) in [5, 5.41) is 0. The Balaban J connectivity index is 2.65. The Bertz CT molecular complexity index is 462. The van der Waals surface area contributed by atoms with E-state index in [9.17, 15) is 0 Å². The molecule has 0 saturated heterocycles. The SMILES string of the molecule is COc1c(OC)c2oc1cc2C(C)(C)C. The molecule has 0 atom stereocenters. The molecule has 2 rings (SSSR count). The molecule has 2 aromatic rings. The van der Waals surface area contributed by atoms with Crippen LogP contribution >= 0.6 is 0 Å². The smallest absolute Gasteiger partial charge is 0.208 e. The van der Waals surface area contributed by atoms with Crippen molar-refractivity contribution in [1.82, 2.24) is 0 Å². The van der Waals surface area contributed by atoms with E-state index < -0.39 is 0 Å². The van der Waals surface area contributed by atoms with Gasteiger partial charge >= 0.3 is 0 Å². The third kappa shape index (κ3) is 1.34. The molecule has 3 nitrogen and oxygen atoms in total. The molecule has 2 aromatic heterocycles. The Morgan fingerprint density at radius 1 is 1.07 bits per heavy atom. The highest BCUT2D eigenvalue weighted by molar-refractivity contribution is 5.84. The molecular weight excluding hydrogens is 192 g/mol. The molecule has 0 aliphatic carbocycles. The number of furan rings is 2. The number of fused-ring (bicyclic) bond motifs is 2. The van der Waals surface area contributed by atoms with Crippen molar-refractivity contribution in [3.05, 3.63) is 11.6 Å². The second-order valence-corrected chi connectivity index (χ2v) is 4.67. The van der Waals surface area contributed by atoms with Gasteiger partial charge in [-0.15, -0.1) is 0 Å². The van der Waals surface area contributed by atoms with Gasteiger partial charge in [-0.2, -0.15) is 0 Å². The van der Waals surface area contributed by atoms with Crippen LogP contribution in [-0.2, 0) is 5.41 Å². The summed E-state index contributed by atoms with van der Waals surface area (Å²) >= 11 is 0. The van der Waals surface area contributed by atoms with Crippen LogP contribution in [0.25, 0.3) is 11.2 Å². The van der Waals surface area contributed by atoms with Crippen molar-refractivity contribution < 1.29 is 13.9 Å². The van der Waals surface area contributed by atoms with E-state index in [1.165, 1.54) is 0 Å². The fraction of sp³-hybridized carbons (Fsp3) is 0.500. The lowest BCUT2D eigenvalue weighted by Gasteiger charge is -2.17. The van der Waals surface area contributed by atoms with Crippen LogP contribution in [0.2, 0.25) is 0 Å². The van der Waals surface area contributed by atoms with Crippen molar-refractivity contribution in [2.45, 2.75) is 26.2 Å². The highest BCUT2D eigenvalue weighted by Gasteiger charge is 2.28. The van der Waals surface area contributed by atoms with E-state index in [1.54, 1.807) is 14.2 Å². The molecule has 0 aromatic carbocycles. The molecule has 0 spiro atoms. The highest BCUT2D eigenvalue weighted by Crippen LogP contribution is 2.47. The molecule has 0 saturated carbocycles. The molecular formula is C12H16O3. The van der Waals surface area contributed by atoms with Gasteiger partial charge in [0.05, 0.1) is 14.2 Å². The summed E-state index contributed by atoms with van der Waals surface area (Å²) in [6.07, 6.45) is 0. The van der Waals surface area contributed by atoms with Crippen molar-refractivity contribution >= 4 is 11.2 Å². The van der Waals surface area contributed by atoms with Crippen LogP contribution in [0.3, 0.4) is 0 Å². The minimum atomic E-state index is 0.0557. The van der Waals surface area contributed by atoms with Gasteiger partial charge in [0.1, 0.15) is 0 Å². The molecule has 0 unspecified atom stereocenters. The average Bonchev–Trinajstić information content (AvgIpc) is 2.71. The number of rotatable bonds is 2. The number of hydrogen-bond acceptors (Lipinski definition) is 3. The summed E-state index contributed by atoms with van der Waals surface area (Å²) in [6.45, 7) is 6.45. The maximum atomic E-state index is 5.64. The normalized spacial score (nSPS) is 12.3. The number of methoxy groups -OCH3 is 2. The first-order valence-electron chi connectivity index (χ1n) is 4.96. The van der Waals surface area contributed by atoms with Gasteiger partial charge in [0.15, 0.2) is 11.2 Å². The summed E-state index contributed by atoms with van der Waals surface area (Å²) in [5.74, 6) is 1.40. The zero-order valence-electron chi connectivity index (χ0n) is 9.80. The minimum absolute atomic E-state index is 0.0557. The van der Waals surface area contributed by atoms with E-state index >= 15 is 0 Å². The van der Waals surface area contributed by atoms with E-state index in [1.807, 2.05) is 6.07 Å². The minimum Gasteiger partial charge on any atom is -0.490 e. The second-order valence-electron chi connectivity index (χ2n) is 4.67. The van der Waals surface area contributed by atoms with Crippen molar-refractivity contribution in [2.75, 3.05) is 14.2 Å². The van der Waals surface area contributed by atoms with Crippen LogP contribution < -0.4 is 9.47 Å². The Labute approximate surface area is 89.3 Å². The number of benzene rings is 1. The Kier molecular flexibility index (Phi) is 2.07. The maximum Gasteiger partial charge on any atom is 0.208 e. The molecule has 82 valence electrons. The van der Waals surface area contributed by atoms with Crippen LogP contribution in [0.4, 0.5) is 0 Å². The van der Waals surface area contributed by atoms with Gasteiger partial charge in [0.25, 0.3) is 0 Å². The second kappa shape index (κ2) is 3.05. The lowest BCUT2D eigenvalue weighted by atomic mass is 9.87. The van der Waals surface area contributed by atoms with Gasteiger partial charge in [0, 0.05) is 5.56 Å². The summed E-state index contributed by atoms with van der Waals surface area (Å²) in [7, 11) is 3.25. The highest BCUT2D eigenvalue weighted by atomic mass is 16.5. The van der Waals surface area contributed by atoms with Crippen LogP contribution in [-0.4, -0.2) is 14.2 Å². The molecule has 0 aliphatic rings. The third-order valence-electron chi connectivity index (χ3n) is 2.58. The lowest BCUT2D eigenvalue weighted by Crippen LogP contribution is -2.10. The van der Waals surface area contributed by atoms with E-state index in [2.05, 4.69) is 20.8 Å². The Morgan fingerprint density at radius 2 is 1.67 bits per heavy atom. The van der Waals surface area contributed by atoms with Crippen LogP contribution in [0.5, 0.6) is 11.5 Å². The van der Waals surface area contributed by atoms with Gasteiger partial charge in [0.2, 0.25) is 11.5 Å². The van der Waals surface area contributed by atoms with Gasteiger partial charge in [-0.05, 0) is 11.5 Å². The molecule has 0 radical (unpaired) electrons. The maximum absolute atomic E-state index is 5.64.